The van der Waals surface area contributed by atoms with Crippen LogP contribution in [0.4, 0.5) is 5.82 Å². The summed E-state index contributed by atoms with van der Waals surface area (Å²) >= 11 is 0. The number of hydrogen-bond donors (Lipinski definition) is 0. The van der Waals surface area contributed by atoms with Gasteiger partial charge in [-0.3, -0.25) is 4.90 Å². The maximum absolute atomic E-state index is 5.84. The van der Waals surface area contributed by atoms with Crippen LogP contribution >= 0.6 is 0 Å². The maximum Gasteiger partial charge on any atom is 0.133 e. The summed E-state index contributed by atoms with van der Waals surface area (Å²) in [4.78, 5) is 14.3. The summed E-state index contributed by atoms with van der Waals surface area (Å²) < 4.78 is 5.84. The van der Waals surface area contributed by atoms with Crippen LogP contribution < -0.4 is 4.90 Å². The van der Waals surface area contributed by atoms with Crippen LogP contribution in [0.15, 0.2) is 12.3 Å². The van der Waals surface area contributed by atoms with E-state index in [1.54, 1.807) is 0 Å². The molecule has 25 heavy (non-hydrogen) atoms. The van der Waals surface area contributed by atoms with Crippen LogP contribution in [-0.2, 0) is 4.74 Å². The van der Waals surface area contributed by atoms with E-state index >= 15 is 0 Å². The van der Waals surface area contributed by atoms with E-state index in [1.807, 2.05) is 6.20 Å². The maximum atomic E-state index is 5.84. The molecule has 0 bridgehead atoms. The van der Waals surface area contributed by atoms with Crippen molar-refractivity contribution in [1.29, 1.82) is 0 Å². The quantitative estimate of drug-likeness (QED) is 0.821. The first-order valence-electron chi connectivity index (χ1n) is 10.1. The fraction of sp³-hybridized carbons (Fsp3) is 0.800. The highest BCUT2D eigenvalue weighted by atomic mass is 16.5. The van der Waals surface area contributed by atoms with Crippen molar-refractivity contribution in [3.8, 4) is 0 Å². The third-order valence-electron chi connectivity index (χ3n) is 5.89. The van der Waals surface area contributed by atoms with Crippen LogP contribution in [-0.4, -0.2) is 59.8 Å². The SMILES string of the molecule is CC1CN(CCC2CCN(c3ccnc(C4CC4)n3)CC2)CC(C)O1. The van der Waals surface area contributed by atoms with Gasteiger partial charge in [-0.05, 0) is 64.5 Å². The number of nitrogens with zero attached hydrogens (tertiary/aromatic N) is 4. The third-order valence-corrected chi connectivity index (χ3v) is 5.89. The molecule has 4 rings (SSSR count). The molecule has 2 saturated heterocycles. The smallest absolute Gasteiger partial charge is 0.133 e. The van der Waals surface area contributed by atoms with Gasteiger partial charge in [0.2, 0.25) is 0 Å². The lowest BCUT2D eigenvalue weighted by molar-refractivity contribution is -0.0690. The summed E-state index contributed by atoms with van der Waals surface area (Å²) in [7, 11) is 0. The second-order valence-corrected chi connectivity index (χ2v) is 8.28. The molecule has 0 radical (unpaired) electrons. The van der Waals surface area contributed by atoms with Crippen LogP contribution in [0.3, 0.4) is 0 Å². The zero-order valence-electron chi connectivity index (χ0n) is 15.7. The van der Waals surface area contributed by atoms with Crippen molar-refractivity contribution in [2.24, 2.45) is 5.92 Å². The van der Waals surface area contributed by atoms with Gasteiger partial charge >= 0.3 is 0 Å². The van der Waals surface area contributed by atoms with E-state index in [0.29, 0.717) is 18.1 Å². The number of morpholine rings is 1. The fourth-order valence-corrected chi connectivity index (χ4v) is 4.36. The summed E-state index contributed by atoms with van der Waals surface area (Å²) in [6, 6.07) is 2.09. The molecule has 3 fully saturated rings. The standard InChI is InChI=1S/C20H32N4O/c1-15-13-23(14-16(2)25-15)10-6-17-7-11-24(12-8-17)19-5-9-21-20(22-19)18-3-4-18/h5,9,15-18H,3-4,6-8,10-14H2,1-2H3. The van der Waals surface area contributed by atoms with Gasteiger partial charge in [0.25, 0.3) is 0 Å². The molecule has 5 nitrogen and oxygen atoms in total. The van der Waals surface area contributed by atoms with Gasteiger partial charge in [-0.1, -0.05) is 0 Å². The second-order valence-electron chi connectivity index (χ2n) is 8.28. The minimum atomic E-state index is 0.379. The largest absolute Gasteiger partial charge is 0.373 e. The van der Waals surface area contributed by atoms with E-state index in [9.17, 15) is 0 Å². The van der Waals surface area contributed by atoms with E-state index in [2.05, 4.69) is 34.7 Å². The van der Waals surface area contributed by atoms with Crippen molar-refractivity contribution in [3.05, 3.63) is 18.1 Å². The Morgan fingerprint density at radius 2 is 1.80 bits per heavy atom. The highest BCUT2D eigenvalue weighted by Gasteiger charge is 2.28. The molecule has 1 aromatic rings. The lowest BCUT2D eigenvalue weighted by atomic mass is 9.93. The summed E-state index contributed by atoms with van der Waals surface area (Å²) in [5, 5.41) is 0. The number of rotatable bonds is 5. The minimum absolute atomic E-state index is 0.379. The van der Waals surface area contributed by atoms with Gasteiger partial charge in [0.05, 0.1) is 12.2 Å². The molecular formula is C20H32N4O. The molecule has 3 heterocycles. The van der Waals surface area contributed by atoms with E-state index in [1.165, 1.54) is 38.6 Å². The van der Waals surface area contributed by atoms with Crippen LogP contribution in [0.25, 0.3) is 0 Å². The number of anilines is 1. The van der Waals surface area contributed by atoms with Crippen LogP contribution in [0.5, 0.6) is 0 Å². The lowest BCUT2D eigenvalue weighted by Crippen LogP contribution is -2.46. The molecule has 0 amide bonds. The Kier molecular flexibility index (Phi) is 5.23. The highest BCUT2D eigenvalue weighted by Crippen LogP contribution is 2.38. The number of aromatic nitrogens is 2. The van der Waals surface area contributed by atoms with Gasteiger partial charge in [0, 0.05) is 38.3 Å². The van der Waals surface area contributed by atoms with Crippen molar-refractivity contribution in [3.63, 3.8) is 0 Å². The molecule has 0 N–H and O–H groups in total. The molecule has 2 unspecified atom stereocenters. The zero-order valence-corrected chi connectivity index (χ0v) is 15.7. The highest BCUT2D eigenvalue weighted by molar-refractivity contribution is 5.38. The minimum Gasteiger partial charge on any atom is -0.373 e. The van der Waals surface area contributed by atoms with Gasteiger partial charge in [0.15, 0.2) is 0 Å². The molecule has 1 saturated carbocycles. The van der Waals surface area contributed by atoms with Gasteiger partial charge in [0.1, 0.15) is 11.6 Å². The predicted molar refractivity (Wildman–Crippen MR) is 100 cm³/mol. The monoisotopic (exact) mass is 344 g/mol. The molecule has 2 aliphatic heterocycles. The average molecular weight is 345 g/mol. The number of hydrogen-bond acceptors (Lipinski definition) is 5. The Hall–Kier alpha value is -1.20. The summed E-state index contributed by atoms with van der Waals surface area (Å²) in [5.41, 5.74) is 0. The fourth-order valence-electron chi connectivity index (χ4n) is 4.36. The summed E-state index contributed by atoms with van der Waals surface area (Å²) in [6.45, 7) is 10.1. The van der Waals surface area contributed by atoms with Crippen LogP contribution in [0, 0.1) is 5.92 Å². The van der Waals surface area contributed by atoms with Crippen LogP contribution in [0.2, 0.25) is 0 Å². The van der Waals surface area contributed by atoms with Gasteiger partial charge < -0.3 is 9.64 Å². The molecule has 0 aromatic carbocycles. The van der Waals surface area contributed by atoms with E-state index in [4.69, 9.17) is 9.72 Å². The van der Waals surface area contributed by atoms with E-state index < -0.39 is 0 Å². The lowest BCUT2D eigenvalue weighted by Gasteiger charge is -2.37. The second kappa shape index (κ2) is 7.58. The molecule has 1 aliphatic carbocycles. The normalized spacial score (nSPS) is 29.1. The van der Waals surface area contributed by atoms with Crippen molar-refractivity contribution in [1.82, 2.24) is 14.9 Å². The van der Waals surface area contributed by atoms with Crippen molar-refractivity contribution in [2.75, 3.05) is 37.6 Å². The Balaban J connectivity index is 1.23. The first-order chi connectivity index (χ1) is 12.2. The first kappa shape index (κ1) is 17.2. The molecular weight excluding hydrogens is 312 g/mol. The zero-order chi connectivity index (χ0) is 17.2. The number of piperidine rings is 1. The van der Waals surface area contributed by atoms with Gasteiger partial charge in [-0.15, -0.1) is 0 Å². The summed E-state index contributed by atoms with van der Waals surface area (Å²) in [5.74, 6) is 3.70. The Bertz CT molecular complexity index is 559. The van der Waals surface area contributed by atoms with E-state index in [-0.39, 0.29) is 0 Å². The average Bonchev–Trinajstić information content (AvgIpc) is 3.45. The molecule has 2 atom stereocenters. The van der Waals surface area contributed by atoms with Gasteiger partial charge in [-0.2, -0.15) is 0 Å². The van der Waals surface area contributed by atoms with Crippen molar-refractivity contribution < 1.29 is 4.74 Å². The van der Waals surface area contributed by atoms with Crippen molar-refractivity contribution in [2.45, 2.75) is 64.1 Å². The Labute approximate surface area is 151 Å². The number of ether oxygens (including phenoxy) is 1. The van der Waals surface area contributed by atoms with E-state index in [0.717, 1.165) is 43.7 Å². The van der Waals surface area contributed by atoms with Crippen molar-refractivity contribution >= 4 is 5.82 Å². The summed E-state index contributed by atoms with van der Waals surface area (Å²) in [6.07, 6.45) is 9.14. The molecule has 138 valence electrons. The molecule has 5 heteroatoms. The van der Waals surface area contributed by atoms with Crippen LogP contribution in [0.1, 0.15) is 57.7 Å². The Morgan fingerprint density at radius 3 is 2.48 bits per heavy atom. The third kappa shape index (κ3) is 4.50. The molecule has 0 spiro atoms. The predicted octanol–water partition coefficient (Wildman–Crippen LogP) is 3.07. The Morgan fingerprint density at radius 1 is 1.08 bits per heavy atom. The topological polar surface area (TPSA) is 41.5 Å². The first-order valence-corrected chi connectivity index (χ1v) is 10.1. The van der Waals surface area contributed by atoms with Gasteiger partial charge in [-0.25, -0.2) is 9.97 Å². The molecule has 3 aliphatic rings. The molecule has 1 aromatic heterocycles.